The SMILES string of the molecule is Cc1ncc2c(n1)c1c(n2CC(C)(O)c2cccnc2)CCN2CCCC12. The van der Waals surface area contributed by atoms with E-state index in [0.717, 1.165) is 35.4 Å². The fraction of sp³-hybridized carbons (Fsp3) is 0.476. The first-order chi connectivity index (χ1) is 13.0. The van der Waals surface area contributed by atoms with E-state index in [9.17, 15) is 5.11 Å². The standard InChI is InChI=1S/C21H25N5O/c1-14-23-12-18-20(24-14)19-16-6-4-9-25(16)10-7-17(19)26(18)13-21(2,27)15-5-3-8-22-11-15/h3,5,8,11-12,16,27H,4,6-7,9-10,13H2,1-2H3. The Bertz CT molecular complexity index is 995. The van der Waals surface area contributed by atoms with Crippen LogP contribution in [0.25, 0.3) is 11.0 Å². The van der Waals surface area contributed by atoms with Crippen molar-refractivity contribution in [2.24, 2.45) is 0 Å². The van der Waals surface area contributed by atoms with E-state index < -0.39 is 5.60 Å². The fourth-order valence-electron chi connectivity index (χ4n) is 4.84. The van der Waals surface area contributed by atoms with E-state index in [-0.39, 0.29) is 0 Å². The van der Waals surface area contributed by atoms with Crippen LogP contribution in [0, 0.1) is 6.92 Å². The first-order valence-corrected chi connectivity index (χ1v) is 9.76. The van der Waals surface area contributed by atoms with Gasteiger partial charge in [-0.05, 0) is 39.3 Å². The molecule has 0 saturated carbocycles. The topological polar surface area (TPSA) is 67.1 Å². The third-order valence-corrected chi connectivity index (χ3v) is 6.15. The van der Waals surface area contributed by atoms with Gasteiger partial charge in [0.05, 0.1) is 23.8 Å². The molecular formula is C21H25N5O. The molecule has 0 bridgehead atoms. The van der Waals surface area contributed by atoms with Crippen LogP contribution in [0.5, 0.6) is 0 Å². The molecule has 3 aromatic rings. The number of aromatic nitrogens is 4. The van der Waals surface area contributed by atoms with Crippen LogP contribution in [0.1, 0.15) is 48.5 Å². The highest BCUT2D eigenvalue weighted by molar-refractivity contribution is 5.82. The van der Waals surface area contributed by atoms with Crippen molar-refractivity contribution in [3.05, 3.63) is 53.4 Å². The molecule has 3 aromatic heterocycles. The molecule has 0 amide bonds. The second-order valence-corrected chi connectivity index (χ2v) is 8.06. The minimum absolute atomic E-state index is 0.454. The summed E-state index contributed by atoms with van der Waals surface area (Å²) in [5.74, 6) is 0.802. The molecule has 27 heavy (non-hydrogen) atoms. The van der Waals surface area contributed by atoms with Gasteiger partial charge in [-0.15, -0.1) is 0 Å². The molecule has 5 heterocycles. The van der Waals surface area contributed by atoms with Gasteiger partial charge in [-0.25, -0.2) is 9.97 Å². The highest BCUT2D eigenvalue weighted by atomic mass is 16.3. The second-order valence-electron chi connectivity index (χ2n) is 8.06. The average Bonchev–Trinajstić information content (AvgIpc) is 3.25. The van der Waals surface area contributed by atoms with E-state index in [1.165, 1.54) is 30.6 Å². The van der Waals surface area contributed by atoms with Crippen molar-refractivity contribution < 1.29 is 5.11 Å². The molecule has 0 radical (unpaired) electrons. The molecule has 0 aromatic carbocycles. The predicted molar refractivity (Wildman–Crippen MR) is 103 cm³/mol. The lowest BCUT2D eigenvalue weighted by Gasteiger charge is -2.32. The number of nitrogens with zero attached hydrogens (tertiary/aromatic N) is 5. The third kappa shape index (κ3) is 2.66. The molecule has 140 valence electrons. The monoisotopic (exact) mass is 363 g/mol. The molecule has 1 saturated heterocycles. The Morgan fingerprint density at radius 3 is 3.00 bits per heavy atom. The van der Waals surface area contributed by atoms with Gasteiger partial charge in [0, 0.05) is 48.2 Å². The van der Waals surface area contributed by atoms with Crippen LogP contribution in [0.15, 0.2) is 30.7 Å². The van der Waals surface area contributed by atoms with E-state index in [2.05, 4.69) is 19.4 Å². The lowest BCUT2D eigenvalue weighted by Crippen LogP contribution is -2.33. The summed E-state index contributed by atoms with van der Waals surface area (Å²) >= 11 is 0. The first-order valence-electron chi connectivity index (χ1n) is 9.76. The molecule has 6 heteroatoms. The molecule has 1 fully saturated rings. The smallest absolute Gasteiger partial charge is 0.126 e. The Morgan fingerprint density at radius 2 is 2.19 bits per heavy atom. The summed E-state index contributed by atoms with van der Waals surface area (Å²) in [6, 6.07) is 4.26. The number of rotatable bonds is 3. The van der Waals surface area contributed by atoms with Crippen LogP contribution in [0.3, 0.4) is 0 Å². The predicted octanol–water partition coefficient (Wildman–Crippen LogP) is 2.74. The largest absolute Gasteiger partial charge is 0.384 e. The van der Waals surface area contributed by atoms with Crippen LogP contribution in [0.2, 0.25) is 0 Å². The third-order valence-electron chi connectivity index (χ3n) is 6.15. The zero-order valence-corrected chi connectivity index (χ0v) is 15.9. The minimum Gasteiger partial charge on any atom is -0.384 e. The Balaban J connectivity index is 1.67. The maximum absolute atomic E-state index is 11.2. The maximum Gasteiger partial charge on any atom is 0.126 e. The van der Waals surface area contributed by atoms with Crippen molar-refractivity contribution in [2.75, 3.05) is 13.1 Å². The van der Waals surface area contributed by atoms with Gasteiger partial charge in [0.25, 0.3) is 0 Å². The van der Waals surface area contributed by atoms with Crippen molar-refractivity contribution >= 4 is 11.0 Å². The van der Waals surface area contributed by atoms with Gasteiger partial charge in [-0.1, -0.05) is 6.07 Å². The quantitative estimate of drug-likeness (QED) is 0.775. The van der Waals surface area contributed by atoms with E-state index >= 15 is 0 Å². The van der Waals surface area contributed by atoms with E-state index in [0.29, 0.717) is 12.6 Å². The molecule has 2 aliphatic rings. The van der Waals surface area contributed by atoms with Crippen LogP contribution < -0.4 is 0 Å². The van der Waals surface area contributed by atoms with Crippen LogP contribution >= 0.6 is 0 Å². The van der Waals surface area contributed by atoms with Gasteiger partial charge >= 0.3 is 0 Å². The summed E-state index contributed by atoms with van der Waals surface area (Å²) in [5, 5.41) is 11.2. The van der Waals surface area contributed by atoms with Gasteiger partial charge in [0.15, 0.2) is 0 Å². The van der Waals surface area contributed by atoms with Gasteiger partial charge in [0.2, 0.25) is 0 Å². The first kappa shape index (κ1) is 16.8. The van der Waals surface area contributed by atoms with Crippen LogP contribution in [-0.2, 0) is 18.6 Å². The summed E-state index contributed by atoms with van der Waals surface area (Å²) in [7, 11) is 0. The summed E-state index contributed by atoms with van der Waals surface area (Å²) in [6.45, 7) is 6.54. The Kier molecular flexibility index (Phi) is 3.81. The van der Waals surface area contributed by atoms with Crippen molar-refractivity contribution in [3.63, 3.8) is 0 Å². The van der Waals surface area contributed by atoms with Gasteiger partial charge in [-0.3, -0.25) is 9.88 Å². The number of pyridine rings is 1. The Hall–Kier alpha value is -2.31. The molecule has 5 rings (SSSR count). The molecule has 6 nitrogen and oxygen atoms in total. The molecule has 2 unspecified atom stereocenters. The molecule has 1 N–H and O–H groups in total. The van der Waals surface area contributed by atoms with Crippen molar-refractivity contribution in [2.45, 2.75) is 51.3 Å². The van der Waals surface area contributed by atoms with Gasteiger partial charge < -0.3 is 9.67 Å². The number of hydrogen-bond acceptors (Lipinski definition) is 5. The number of fused-ring (bicyclic) bond motifs is 5. The molecular weight excluding hydrogens is 338 g/mol. The Labute approximate surface area is 158 Å². The summed E-state index contributed by atoms with van der Waals surface area (Å²) in [5.41, 5.74) is 4.59. The summed E-state index contributed by atoms with van der Waals surface area (Å²) in [6.07, 6.45) is 8.83. The minimum atomic E-state index is -1.01. The van der Waals surface area contributed by atoms with Crippen molar-refractivity contribution in [1.29, 1.82) is 0 Å². The zero-order valence-electron chi connectivity index (χ0n) is 15.9. The molecule has 2 atom stereocenters. The van der Waals surface area contributed by atoms with Crippen molar-refractivity contribution in [3.8, 4) is 0 Å². The van der Waals surface area contributed by atoms with Crippen molar-refractivity contribution in [1.82, 2.24) is 24.4 Å². The van der Waals surface area contributed by atoms with Crippen LogP contribution in [0.4, 0.5) is 0 Å². The summed E-state index contributed by atoms with van der Waals surface area (Å²) < 4.78 is 2.26. The number of aliphatic hydroxyl groups is 1. The Morgan fingerprint density at radius 1 is 1.30 bits per heavy atom. The van der Waals surface area contributed by atoms with Crippen LogP contribution in [-0.4, -0.2) is 42.6 Å². The highest BCUT2D eigenvalue weighted by Crippen LogP contribution is 2.43. The normalized spacial score (nSPS) is 21.8. The van der Waals surface area contributed by atoms with Gasteiger partial charge in [0.1, 0.15) is 11.4 Å². The lowest BCUT2D eigenvalue weighted by molar-refractivity contribution is 0.0380. The molecule has 0 spiro atoms. The lowest BCUT2D eigenvalue weighted by atomic mass is 9.96. The fourth-order valence-corrected chi connectivity index (χ4v) is 4.84. The van der Waals surface area contributed by atoms with E-state index in [1.54, 1.807) is 12.4 Å². The summed E-state index contributed by atoms with van der Waals surface area (Å²) in [4.78, 5) is 16.1. The van der Waals surface area contributed by atoms with Gasteiger partial charge in [-0.2, -0.15) is 0 Å². The average molecular weight is 363 g/mol. The zero-order chi connectivity index (χ0) is 18.6. The highest BCUT2D eigenvalue weighted by Gasteiger charge is 2.37. The van der Waals surface area contributed by atoms with E-state index in [1.807, 2.05) is 32.2 Å². The number of aryl methyl sites for hydroxylation is 1. The molecule has 0 aliphatic carbocycles. The number of hydrogen-bond donors (Lipinski definition) is 1. The molecule has 2 aliphatic heterocycles. The second kappa shape index (κ2) is 6.11. The van der Waals surface area contributed by atoms with E-state index in [4.69, 9.17) is 4.98 Å². The maximum atomic E-state index is 11.2.